The molecule has 11 unspecified atom stereocenters. The largest absolute Gasteiger partial charge is 0.393 e. The maximum Gasteiger partial charge on any atom is 0.187 e. The number of aliphatic hydroxyl groups is 7. The van der Waals surface area contributed by atoms with Crippen LogP contribution in [-0.4, -0.2) is 116 Å². The van der Waals surface area contributed by atoms with E-state index in [0.29, 0.717) is 6.42 Å². The summed E-state index contributed by atoms with van der Waals surface area (Å²) in [6.45, 7) is 6.46. The highest BCUT2D eigenvalue weighted by Gasteiger charge is 2.50. The summed E-state index contributed by atoms with van der Waals surface area (Å²) < 4.78 is 22.0. The van der Waals surface area contributed by atoms with Gasteiger partial charge in [0.05, 0.1) is 32.0 Å². The van der Waals surface area contributed by atoms with Crippen LogP contribution in [0.3, 0.4) is 0 Å². The molecule has 202 valence electrons. The molecule has 7 N–H and O–H groups in total. The lowest BCUT2D eigenvalue weighted by molar-refractivity contribution is -0.314. The maximum absolute atomic E-state index is 10.4. The molecule has 2 aliphatic heterocycles. The van der Waals surface area contributed by atoms with Gasteiger partial charge in [-0.05, 0) is 25.7 Å². The van der Waals surface area contributed by atoms with E-state index >= 15 is 0 Å². The van der Waals surface area contributed by atoms with E-state index in [0.717, 1.165) is 5.57 Å². The van der Waals surface area contributed by atoms with E-state index in [1.807, 2.05) is 25.2 Å². The summed E-state index contributed by atoms with van der Waals surface area (Å²) >= 11 is 0. The second kappa shape index (κ2) is 11.2. The Bertz CT molecular complexity index is 771. The van der Waals surface area contributed by atoms with Crippen LogP contribution >= 0.6 is 0 Å². The minimum atomic E-state index is -1.86. The number of hydrogen-bond donors (Lipinski definition) is 7. The van der Waals surface area contributed by atoms with Crippen molar-refractivity contribution < 1.29 is 54.7 Å². The Kier molecular flexibility index (Phi) is 9.15. The van der Waals surface area contributed by atoms with E-state index in [1.54, 1.807) is 6.92 Å². The first-order valence-electron chi connectivity index (χ1n) is 11.9. The molecule has 2 saturated heterocycles. The number of aliphatic hydroxyl groups excluding tert-OH is 6. The zero-order valence-electron chi connectivity index (χ0n) is 20.6. The van der Waals surface area contributed by atoms with Crippen molar-refractivity contribution in [2.45, 2.75) is 95.0 Å². The van der Waals surface area contributed by atoms with Crippen LogP contribution in [0.2, 0.25) is 0 Å². The van der Waals surface area contributed by atoms with Crippen LogP contribution in [0.25, 0.3) is 0 Å². The van der Waals surface area contributed by atoms with Crippen LogP contribution < -0.4 is 0 Å². The summed E-state index contributed by atoms with van der Waals surface area (Å²) in [5.41, 5.74) is -0.975. The van der Waals surface area contributed by atoms with Crippen LogP contribution in [0.4, 0.5) is 0 Å². The molecule has 0 aromatic rings. The Hall–Kier alpha value is -0.960. The smallest absolute Gasteiger partial charge is 0.187 e. The highest BCUT2D eigenvalue weighted by atomic mass is 16.7. The van der Waals surface area contributed by atoms with E-state index in [4.69, 9.17) is 18.9 Å². The van der Waals surface area contributed by atoms with Crippen molar-refractivity contribution in [2.75, 3.05) is 19.8 Å². The van der Waals surface area contributed by atoms with Crippen molar-refractivity contribution in [3.8, 4) is 0 Å². The van der Waals surface area contributed by atoms with Gasteiger partial charge in [0.2, 0.25) is 0 Å². The van der Waals surface area contributed by atoms with E-state index in [1.165, 1.54) is 0 Å². The number of rotatable bonds is 8. The van der Waals surface area contributed by atoms with Gasteiger partial charge in [-0.2, -0.15) is 0 Å². The first kappa shape index (κ1) is 28.6. The van der Waals surface area contributed by atoms with Gasteiger partial charge in [0.15, 0.2) is 12.6 Å². The monoisotopic (exact) mass is 504 g/mol. The van der Waals surface area contributed by atoms with Gasteiger partial charge in [-0.25, -0.2) is 0 Å². The second-order valence-corrected chi connectivity index (χ2v) is 10.6. The molecular weight excluding hydrogens is 464 g/mol. The summed E-state index contributed by atoms with van der Waals surface area (Å²) in [6.07, 6.45) is -4.53. The molecule has 11 nitrogen and oxygen atoms in total. The number of hydrogen-bond acceptors (Lipinski definition) is 11. The molecule has 2 heterocycles. The SMILES string of the molecule is CC1=CC(O)CC(C)(C)C1/C=C/C(C)OC1OC(COC2OCC(O)(CO)C2O)C(O)C(O)C1O. The van der Waals surface area contributed by atoms with Gasteiger partial charge in [0.25, 0.3) is 0 Å². The fraction of sp³-hybridized carbons (Fsp3) is 0.833. The third kappa shape index (κ3) is 6.31. The molecule has 11 heteroatoms. The molecule has 0 aromatic heterocycles. The zero-order valence-corrected chi connectivity index (χ0v) is 20.6. The van der Waals surface area contributed by atoms with E-state index in [9.17, 15) is 35.7 Å². The van der Waals surface area contributed by atoms with E-state index in [-0.39, 0.29) is 24.5 Å². The predicted octanol–water partition coefficient (Wildman–Crippen LogP) is -1.43. The van der Waals surface area contributed by atoms with Crippen LogP contribution in [0, 0.1) is 11.3 Å². The van der Waals surface area contributed by atoms with Crippen molar-refractivity contribution in [2.24, 2.45) is 11.3 Å². The number of allylic oxidation sites excluding steroid dienone is 2. The summed E-state index contributed by atoms with van der Waals surface area (Å²) in [4.78, 5) is 0. The molecule has 0 spiro atoms. The summed E-state index contributed by atoms with van der Waals surface area (Å²) in [5.74, 6) is 0.0816. The second-order valence-electron chi connectivity index (χ2n) is 10.6. The average Bonchev–Trinajstić information content (AvgIpc) is 3.06. The lowest BCUT2D eigenvalue weighted by Crippen LogP contribution is -2.60. The van der Waals surface area contributed by atoms with Crippen molar-refractivity contribution in [3.05, 3.63) is 23.8 Å². The third-order valence-electron chi connectivity index (χ3n) is 7.12. The first-order valence-corrected chi connectivity index (χ1v) is 11.9. The molecule has 11 atom stereocenters. The highest BCUT2D eigenvalue weighted by molar-refractivity contribution is 5.21. The summed E-state index contributed by atoms with van der Waals surface area (Å²) in [6, 6.07) is 0. The molecule has 3 aliphatic rings. The fourth-order valence-electron chi connectivity index (χ4n) is 4.98. The van der Waals surface area contributed by atoms with Gasteiger partial charge < -0.3 is 54.7 Å². The Morgan fingerprint density at radius 3 is 2.40 bits per heavy atom. The van der Waals surface area contributed by atoms with Crippen LogP contribution in [-0.2, 0) is 18.9 Å². The van der Waals surface area contributed by atoms with Crippen LogP contribution in [0.15, 0.2) is 23.8 Å². The fourth-order valence-corrected chi connectivity index (χ4v) is 4.98. The van der Waals surface area contributed by atoms with Gasteiger partial charge in [0, 0.05) is 5.92 Å². The van der Waals surface area contributed by atoms with Gasteiger partial charge in [-0.1, -0.05) is 37.6 Å². The van der Waals surface area contributed by atoms with Gasteiger partial charge in [-0.15, -0.1) is 0 Å². The molecule has 0 radical (unpaired) electrons. The quantitative estimate of drug-likeness (QED) is 0.193. The molecule has 1 aliphatic carbocycles. The van der Waals surface area contributed by atoms with E-state index in [2.05, 4.69) is 13.8 Å². The third-order valence-corrected chi connectivity index (χ3v) is 7.12. The molecule has 0 aromatic carbocycles. The zero-order chi connectivity index (χ0) is 26.1. The molecule has 35 heavy (non-hydrogen) atoms. The topological polar surface area (TPSA) is 179 Å². The minimum Gasteiger partial charge on any atom is -0.393 e. The highest BCUT2D eigenvalue weighted by Crippen LogP contribution is 2.42. The van der Waals surface area contributed by atoms with Crippen molar-refractivity contribution >= 4 is 0 Å². The first-order chi connectivity index (χ1) is 16.3. The Balaban J connectivity index is 1.60. The van der Waals surface area contributed by atoms with Crippen LogP contribution in [0.5, 0.6) is 0 Å². The van der Waals surface area contributed by atoms with Crippen LogP contribution in [0.1, 0.15) is 34.1 Å². The lowest BCUT2D eigenvalue weighted by atomic mass is 9.68. The Labute approximate surface area is 205 Å². The molecule has 0 bridgehead atoms. The minimum absolute atomic E-state index is 0.0816. The Morgan fingerprint density at radius 2 is 1.80 bits per heavy atom. The van der Waals surface area contributed by atoms with Gasteiger partial charge in [-0.3, -0.25) is 0 Å². The summed E-state index contributed by atoms with van der Waals surface area (Å²) in [5, 5.41) is 70.4. The van der Waals surface area contributed by atoms with Gasteiger partial charge >= 0.3 is 0 Å². The molecule has 0 saturated carbocycles. The summed E-state index contributed by atoms with van der Waals surface area (Å²) in [7, 11) is 0. The standard InChI is InChI=1S/C24H40O11/c1-12-7-14(26)8-23(3,4)15(12)6-5-13(2)34-21-19(29)18(28)17(27)16(35-21)9-32-22-20(30)24(31,10-25)11-33-22/h5-7,13-22,25-31H,8-11H2,1-4H3/b6-5+. The van der Waals surface area contributed by atoms with Crippen molar-refractivity contribution in [1.82, 2.24) is 0 Å². The normalized spacial score (nSPS) is 45.0. The molecule has 2 fully saturated rings. The lowest BCUT2D eigenvalue weighted by Gasteiger charge is -2.41. The van der Waals surface area contributed by atoms with Crippen molar-refractivity contribution in [3.63, 3.8) is 0 Å². The molecule has 3 rings (SSSR count). The van der Waals surface area contributed by atoms with E-state index < -0.39 is 67.5 Å². The number of ether oxygens (including phenoxy) is 4. The van der Waals surface area contributed by atoms with Crippen molar-refractivity contribution in [1.29, 1.82) is 0 Å². The average molecular weight is 505 g/mol. The van der Waals surface area contributed by atoms with Gasteiger partial charge in [0.1, 0.15) is 36.1 Å². The molecular formula is C24H40O11. The molecule has 0 amide bonds. The Morgan fingerprint density at radius 1 is 1.11 bits per heavy atom. The predicted molar refractivity (Wildman–Crippen MR) is 122 cm³/mol. The maximum atomic E-state index is 10.4.